The summed E-state index contributed by atoms with van der Waals surface area (Å²) in [6, 6.07) is 6.44. The average molecular weight is 263 g/mol. The molecule has 0 saturated heterocycles. The highest BCUT2D eigenvalue weighted by Crippen LogP contribution is 2.26. The zero-order chi connectivity index (χ0) is 12.5. The molecule has 94 valence electrons. The van der Waals surface area contributed by atoms with Crippen molar-refractivity contribution in [3.63, 3.8) is 0 Å². The molecule has 0 amide bonds. The van der Waals surface area contributed by atoms with Crippen molar-refractivity contribution in [3.8, 4) is 0 Å². The van der Waals surface area contributed by atoms with Gasteiger partial charge in [-0.15, -0.1) is 21.8 Å². The zero-order valence-corrected chi connectivity index (χ0v) is 11.1. The Morgan fingerprint density at radius 1 is 1.33 bits per heavy atom. The molecule has 0 spiro atoms. The number of hydrogen-bond acceptors (Lipinski definition) is 3. The normalized spacial score (nSPS) is 14.7. The van der Waals surface area contributed by atoms with Gasteiger partial charge < -0.3 is 9.47 Å². The Labute approximate surface area is 111 Å². The molecule has 1 aliphatic rings. The van der Waals surface area contributed by atoms with Crippen molar-refractivity contribution in [1.29, 1.82) is 0 Å². The summed E-state index contributed by atoms with van der Waals surface area (Å²) in [5.74, 6) is 1.56. The van der Waals surface area contributed by atoms with Crippen LogP contribution in [-0.4, -0.2) is 21.3 Å². The van der Waals surface area contributed by atoms with Gasteiger partial charge in [0.25, 0.3) is 0 Å². The predicted octanol–water partition coefficient (Wildman–Crippen LogP) is 2.35. The van der Waals surface area contributed by atoms with Crippen LogP contribution in [0.15, 0.2) is 24.5 Å². The highest BCUT2D eigenvalue weighted by Gasteiger charge is 2.19. The summed E-state index contributed by atoms with van der Waals surface area (Å²) in [6.07, 6.45) is 1.80. The number of hydrogen-bond donors (Lipinski definition) is 0. The molecule has 18 heavy (non-hydrogen) atoms. The number of nitrogens with zero attached hydrogens (tertiary/aromatic N) is 4. The van der Waals surface area contributed by atoms with E-state index in [4.69, 9.17) is 11.6 Å². The number of aromatic nitrogens is 3. The van der Waals surface area contributed by atoms with Crippen LogP contribution in [0, 0.1) is 6.92 Å². The summed E-state index contributed by atoms with van der Waals surface area (Å²) in [5, 5.41) is 8.09. The molecule has 0 atom stereocenters. The Morgan fingerprint density at radius 2 is 2.22 bits per heavy atom. The first-order valence-corrected chi connectivity index (χ1v) is 6.58. The minimum atomic E-state index is 0.542. The molecule has 1 aromatic heterocycles. The molecule has 0 saturated carbocycles. The SMILES string of the molecule is Cc1ccc(N2CCn3cnnc3C2)c(CCl)c1. The van der Waals surface area contributed by atoms with Crippen LogP contribution in [-0.2, 0) is 19.0 Å². The van der Waals surface area contributed by atoms with Crippen LogP contribution in [0.2, 0.25) is 0 Å². The van der Waals surface area contributed by atoms with Crippen LogP contribution < -0.4 is 4.90 Å². The topological polar surface area (TPSA) is 34.0 Å². The Morgan fingerprint density at radius 3 is 3.06 bits per heavy atom. The smallest absolute Gasteiger partial charge is 0.152 e. The highest BCUT2D eigenvalue weighted by molar-refractivity contribution is 6.17. The van der Waals surface area contributed by atoms with E-state index >= 15 is 0 Å². The van der Waals surface area contributed by atoms with Crippen LogP contribution in [0.25, 0.3) is 0 Å². The summed E-state index contributed by atoms with van der Waals surface area (Å²) in [7, 11) is 0. The Hall–Kier alpha value is -1.55. The molecular formula is C13H15ClN4. The molecule has 0 aliphatic carbocycles. The minimum absolute atomic E-state index is 0.542. The lowest BCUT2D eigenvalue weighted by Gasteiger charge is -2.30. The van der Waals surface area contributed by atoms with E-state index in [0.717, 1.165) is 25.5 Å². The third-order valence-electron chi connectivity index (χ3n) is 3.36. The Balaban J connectivity index is 1.93. The quantitative estimate of drug-likeness (QED) is 0.779. The molecule has 2 aromatic rings. The molecule has 1 aromatic carbocycles. The number of anilines is 1. The predicted molar refractivity (Wildman–Crippen MR) is 71.8 cm³/mol. The van der Waals surface area contributed by atoms with E-state index in [-0.39, 0.29) is 0 Å². The number of halogens is 1. The second-order valence-corrected chi connectivity index (χ2v) is 4.90. The molecule has 0 radical (unpaired) electrons. The Bertz CT molecular complexity index is 564. The van der Waals surface area contributed by atoms with Crippen LogP contribution in [0.5, 0.6) is 0 Å². The van der Waals surface area contributed by atoms with Crippen molar-refractivity contribution in [3.05, 3.63) is 41.5 Å². The average Bonchev–Trinajstić information content (AvgIpc) is 2.85. The van der Waals surface area contributed by atoms with Crippen molar-refractivity contribution in [1.82, 2.24) is 14.8 Å². The van der Waals surface area contributed by atoms with Gasteiger partial charge in [-0.1, -0.05) is 17.7 Å². The van der Waals surface area contributed by atoms with E-state index in [1.807, 2.05) is 0 Å². The van der Waals surface area contributed by atoms with Gasteiger partial charge >= 0.3 is 0 Å². The summed E-state index contributed by atoms with van der Waals surface area (Å²) in [5.41, 5.74) is 3.64. The molecule has 1 aliphatic heterocycles. The lowest BCUT2D eigenvalue weighted by Crippen LogP contribution is -2.34. The van der Waals surface area contributed by atoms with Crippen LogP contribution >= 0.6 is 11.6 Å². The largest absolute Gasteiger partial charge is 0.362 e. The van der Waals surface area contributed by atoms with Crippen LogP contribution in [0.4, 0.5) is 5.69 Å². The second kappa shape index (κ2) is 4.61. The summed E-state index contributed by atoms with van der Waals surface area (Å²) < 4.78 is 2.10. The van der Waals surface area contributed by atoms with Gasteiger partial charge in [0.05, 0.1) is 6.54 Å². The van der Waals surface area contributed by atoms with Gasteiger partial charge in [-0.05, 0) is 18.6 Å². The Kier molecular flexibility index (Phi) is 2.96. The molecule has 2 heterocycles. The number of alkyl halides is 1. The molecule has 0 bridgehead atoms. The maximum atomic E-state index is 6.04. The zero-order valence-electron chi connectivity index (χ0n) is 10.3. The highest BCUT2D eigenvalue weighted by atomic mass is 35.5. The summed E-state index contributed by atoms with van der Waals surface area (Å²) >= 11 is 6.04. The van der Waals surface area contributed by atoms with Gasteiger partial charge in [0.2, 0.25) is 0 Å². The van der Waals surface area contributed by atoms with E-state index in [9.17, 15) is 0 Å². The van der Waals surface area contributed by atoms with E-state index in [1.54, 1.807) is 6.33 Å². The van der Waals surface area contributed by atoms with E-state index in [2.05, 4.69) is 44.8 Å². The number of aryl methyl sites for hydroxylation is 1. The van der Waals surface area contributed by atoms with Gasteiger partial charge in [0.15, 0.2) is 5.82 Å². The van der Waals surface area contributed by atoms with Crippen LogP contribution in [0.1, 0.15) is 17.0 Å². The minimum Gasteiger partial charge on any atom is -0.362 e. The van der Waals surface area contributed by atoms with E-state index in [1.165, 1.54) is 16.8 Å². The third-order valence-corrected chi connectivity index (χ3v) is 3.65. The molecule has 0 fully saturated rings. The van der Waals surface area contributed by atoms with Crippen molar-refractivity contribution >= 4 is 17.3 Å². The van der Waals surface area contributed by atoms with Crippen molar-refractivity contribution in [2.24, 2.45) is 0 Å². The first kappa shape index (κ1) is 11.5. The molecule has 4 nitrogen and oxygen atoms in total. The number of rotatable bonds is 2. The fraction of sp³-hybridized carbons (Fsp3) is 0.385. The third kappa shape index (κ3) is 1.97. The lowest BCUT2D eigenvalue weighted by molar-refractivity contribution is 0.559. The molecule has 5 heteroatoms. The lowest BCUT2D eigenvalue weighted by atomic mass is 10.1. The summed E-state index contributed by atoms with van der Waals surface area (Å²) in [4.78, 5) is 2.32. The standard InChI is InChI=1S/C13H15ClN4/c1-10-2-3-12(11(6-10)7-14)17-4-5-18-9-15-16-13(18)8-17/h2-3,6,9H,4-5,7-8H2,1H3. The van der Waals surface area contributed by atoms with Crippen molar-refractivity contribution in [2.45, 2.75) is 25.9 Å². The van der Waals surface area contributed by atoms with Crippen molar-refractivity contribution < 1.29 is 0 Å². The first-order valence-electron chi connectivity index (χ1n) is 6.05. The fourth-order valence-corrected chi connectivity index (χ4v) is 2.62. The van der Waals surface area contributed by atoms with Gasteiger partial charge in [-0.3, -0.25) is 0 Å². The number of benzene rings is 1. The second-order valence-electron chi connectivity index (χ2n) is 4.63. The maximum Gasteiger partial charge on any atom is 0.152 e. The molecule has 3 rings (SSSR count). The number of fused-ring (bicyclic) bond motifs is 1. The summed E-state index contributed by atoms with van der Waals surface area (Å²) in [6.45, 7) is 4.79. The van der Waals surface area contributed by atoms with Crippen molar-refractivity contribution in [2.75, 3.05) is 11.4 Å². The maximum absolute atomic E-state index is 6.04. The van der Waals surface area contributed by atoms with Gasteiger partial charge in [0.1, 0.15) is 6.33 Å². The molecular weight excluding hydrogens is 248 g/mol. The van der Waals surface area contributed by atoms with Gasteiger partial charge in [-0.2, -0.15) is 0 Å². The van der Waals surface area contributed by atoms with Gasteiger partial charge in [-0.25, -0.2) is 0 Å². The first-order chi connectivity index (χ1) is 8.78. The fourth-order valence-electron chi connectivity index (χ4n) is 2.40. The van der Waals surface area contributed by atoms with Gasteiger partial charge in [0, 0.05) is 24.7 Å². The molecule has 0 N–H and O–H groups in total. The molecule has 0 unspecified atom stereocenters. The monoisotopic (exact) mass is 262 g/mol. The van der Waals surface area contributed by atoms with E-state index < -0.39 is 0 Å². The van der Waals surface area contributed by atoms with E-state index in [0.29, 0.717) is 5.88 Å². The van der Waals surface area contributed by atoms with Crippen LogP contribution in [0.3, 0.4) is 0 Å².